The monoisotopic (exact) mass is 737 g/mol. The van der Waals surface area contributed by atoms with Crippen molar-refractivity contribution in [3.63, 3.8) is 0 Å². The average molecular weight is 738 g/mol. The highest BCUT2D eigenvalue weighted by Crippen LogP contribution is 2.44. The molecule has 0 bridgehead atoms. The van der Waals surface area contributed by atoms with Crippen LogP contribution in [0.15, 0.2) is 109 Å². The maximum absolute atomic E-state index is 6.81. The first-order valence-corrected chi connectivity index (χ1v) is 18.8. The molecular weight excluding hydrogens is 711 g/mol. The van der Waals surface area contributed by atoms with Gasteiger partial charge in [0.25, 0.3) is 13.4 Å². The predicted molar refractivity (Wildman–Crippen MR) is 220 cm³/mol. The summed E-state index contributed by atoms with van der Waals surface area (Å²) < 4.78 is 28.9. The van der Waals surface area contributed by atoms with Crippen molar-refractivity contribution in [2.75, 3.05) is 0 Å². The molecule has 0 N–H and O–H groups in total. The zero-order valence-electron chi connectivity index (χ0n) is 29.4. The molecule has 5 heterocycles. The summed E-state index contributed by atoms with van der Waals surface area (Å²) in [4.78, 5) is 0. The molecule has 0 saturated carbocycles. The van der Waals surface area contributed by atoms with Crippen LogP contribution in [-0.4, -0.2) is 18.0 Å². The Balaban J connectivity index is 1.19. The minimum absolute atomic E-state index is 0.103. The fourth-order valence-electron chi connectivity index (χ4n) is 9.60. The Morgan fingerprint density at radius 1 is 0.444 bits per heavy atom. The lowest BCUT2D eigenvalue weighted by atomic mass is 9.34. The zero-order valence-corrected chi connectivity index (χ0v) is 30.9. The van der Waals surface area contributed by atoms with Crippen molar-refractivity contribution in [1.82, 2.24) is 4.57 Å². The molecule has 8 aromatic rings. The lowest BCUT2D eigenvalue weighted by Gasteiger charge is -2.33. The van der Waals surface area contributed by atoms with Gasteiger partial charge in [-0.15, -0.1) is 0 Å². The van der Waals surface area contributed by atoms with Crippen LogP contribution in [0.4, 0.5) is 0 Å². The highest BCUT2D eigenvalue weighted by atomic mass is 35.5. The number of halogens is 2. The van der Waals surface area contributed by atoms with Gasteiger partial charge in [0.15, 0.2) is 0 Å². The van der Waals surface area contributed by atoms with Crippen LogP contribution in [0.3, 0.4) is 0 Å². The first-order valence-electron chi connectivity index (χ1n) is 18.1. The van der Waals surface area contributed by atoms with Crippen LogP contribution in [0.5, 0.6) is 46.0 Å². The Kier molecular flexibility index (Phi) is 6.07. The maximum Gasteiger partial charge on any atom is 0.260 e. The van der Waals surface area contributed by atoms with Gasteiger partial charge in [0.1, 0.15) is 46.0 Å². The summed E-state index contributed by atoms with van der Waals surface area (Å²) in [6, 6.07) is 37.7. The molecule has 256 valence electrons. The highest BCUT2D eigenvalue weighted by Gasteiger charge is 2.43. The number of benzene rings is 7. The van der Waals surface area contributed by atoms with Crippen LogP contribution in [0.2, 0.25) is 10.0 Å². The number of rotatable bonds is 1. The van der Waals surface area contributed by atoms with E-state index in [9.17, 15) is 0 Å². The molecular formula is C45H27B2Cl2NO4. The summed E-state index contributed by atoms with van der Waals surface area (Å²) >= 11 is 13.3. The van der Waals surface area contributed by atoms with E-state index in [2.05, 4.69) is 86.0 Å². The van der Waals surface area contributed by atoms with Crippen molar-refractivity contribution in [3.8, 4) is 51.7 Å². The molecule has 7 aromatic carbocycles. The third-order valence-corrected chi connectivity index (χ3v) is 12.0. The molecule has 12 rings (SSSR count). The van der Waals surface area contributed by atoms with Crippen LogP contribution in [0.25, 0.3) is 27.5 Å². The molecule has 0 saturated heterocycles. The van der Waals surface area contributed by atoms with E-state index >= 15 is 0 Å². The van der Waals surface area contributed by atoms with Gasteiger partial charge < -0.3 is 23.5 Å². The molecule has 9 heteroatoms. The number of fused-ring (bicyclic) bond motifs is 11. The fraction of sp³-hybridized carbons (Fsp3) is 0.0667. The lowest BCUT2D eigenvalue weighted by molar-refractivity contribution is 0.464. The second kappa shape index (κ2) is 10.7. The number of aryl methyl sites for hydroxylation is 3. The van der Waals surface area contributed by atoms with Gasteiger partial charge in [-0.25, -0.2) is 0 Å². The lowest BCUT2D eigenvalue weighted by Crippen LogP contribution is -2.57. The Bertz CT molecular complexity index is 2850. The van der Waals surface area contributed by atoms with E-state index in [1.54, 1.807) is 0 Å². The molecule has 0 amide bonds. The summed E-state index contributed by atoms with van der Waals surface area (Å²) in [6.45, 7) is 6.32. The Hall–Kier alpha value is -5.75. The van der Waals surface area contributed by atoms with Gasteiger partial charge in [0.05, 0.1) is 16.7 Å². The summed E-state index contributed by atoms with van der Waals surface area (Å²) in [6.07, 6.45) is 0. The molecule has 4 aliphatic rings. The van der Waals surface area contributed by atoms with E-state index in [0.29, 0.717) is 21.5 Å². The van der Waals surface area contributed by atoms with Gasteiger partial charge in [-0.2, -0.15) is 0 Å². The molecule has 4 aliphatic heterocycles. The largest absolute Gasteiger partial charge is 0.458 e. The summed E-state index contributed by atoms with van der Waals surface area (Å²) in [5.41, 5.74) is 13.2. The van der Waals surface area contributed by atoms with Crippen LogP contribution < -0.4 is 51.7 Å². The van der Waals surface area contributed by atoms with Gasteiger partial charge in [-0.1, -0.05) is 89.4 Å². The quantitative estimate of drug-likeness (QED) is 0.159. The minimum Gasteiger partial charge on any atom is -0.458 e. The molecule has 0 radical (unpaired) electrons. The number of hydrogen-bond acceptors (Lipinski definition) is 4. The smallest absolute Gasteiger partial charge is 0.260 e. The fourth-order valence-corrected chi connectivity index (χ4v) is 9.99. The van der Waals surface area contributed by atoms with Crippen molar-refractivity contribution in [2.24, 2.45) is 0 Å². The van der Waals surface area contributed by atoms with Gasteiger partial charge in [-0.05, 0) is 90.1 Å². The topological polar surface area (TPSA) is 41.9 Å². The van der Waals surface area contributed by atoms with Gasteiger partial charge >= 0.3 is 0 Å². The van der Waals surface area contributed by atoms with Crippen molar-refractivity contribution >= 4 is 91.2 Å². The Morgan fingerprint density at radius 3 is 1.30 bits per heavy atom. The van der Waals surface area contributed by atoms with E-state index in [1.807, 2.05) is 48.5 Å². The molecule has 1 aromatic heterocycles. The van der Waals surface area contributed by atoms with Crippen LogP contribution >= 0.6 is 23.2 Å². The zero-order chi connectivity index (χ0) is 36.1. The van der Waals surface area contributed by atoms with Crippen LogP contribution in [0.1, 0.15) is 16.7 Å². The van der Waals surface area contributed by atoms with Crippen molar-refractivity contribution < 1.29 is 18.9 Å². The maximum atomic E-state index is 6.81. The van der Waals surface area contributed by atoms with Crippen molar-refractivity contribution in [1.29, 1.82) is 0 Å². The molecule has 0 atom stereocenters. The van der Waals surface area contributed by atoms with E-state index in [1.165, 1.54) is 16.7 Å². The average Bonchev–Trinajstić information content (AvgIpc) is 3.43. The van der Waals surface area contributed by atoms with E-state index < -0.39 is 0 Å². The number of para-hydroxylation sites is 2. The van der Waals surface area contributed by atoms with E-state index in [0.717, 1.165) is 94.8 Å². The number of nitrogens with zero attached hydrogens (tertiary/aromatic N) is 1. The molecule has 0 fully saturated rings. The van der Waals surface area contributed by atoms with Crippen LogP contribution in [0, 0.1) is 20.8 Å². The summed E-state index contributed by atoms with van der Waals surface area (Å²) in [7, 11) is 0. The first-order chi connectivity index (χ1) is 26.3. The predicted octanol–water partition coefficient (Wildman–Crippen LogP) is 8.47. The minimum atomic E-state index is -0.103. The second-order valence-electron chi connectivity index (χ2n) is 14.9. The Morgan fingerprint density at radius 2 is 0.852 bits per heavy atom. The third kappa shape index (κ3) is 4.09. The summed E-state index contributed by atoms with van der Waals surface area (Å²) in [5.74, 6) is 6.10. The number of hydrogen-bond donors (Lipinski definition) is 0. The third-order valence-electron chi connectivity index (χ3n) is 11.6. The first kappa shape index (κ1) is 30.7. The van der Waals surface area contributed by atoms with Gasteiger partial charge in [0, 0.05) is 43.9 Å². The molecule has 54 heavy (non-hydrogen) atoms. The molecule has 0 aliphatic carbocycles. The van der Waals surface area contributed by atoms with E-state index in [-0.39, 0.29) is 13.4 Å². The molecule has 0 spiro atoms. The summed E-state index contributed by atoms with van der Waals surface area (Å²) in [5, 5.41) is 3.38. The van der Waals surface area contributed by atoms with Gasteiger partial charge in [0.2, 0.25) is 0 Å². The number of ether oxygens (including phenoxy) is 4. The Labute approximate surface area is 321 Å². The molecule has 0 unspecified atom stereocenters. The number of aromatic nitrogens is 1. The van der Waals surface area contributed by atoms with Crippen molar-refractivity contribution in [3.05, 3.63) is 136 Å². The highest BCUT2D eigenvalue weighted by molar-refractivity contribution is 6.99. The molecule has 5 nitrogen and oxygen atoms in total. The van der Waals surface area contributed by atoms with E-state index in [4.69, 9.17) is 42.1 Å². The van der Waals surface area contributed by atoms with Crippen molar-refractivity contribution in [2.45, 2.75) is 20.8 Å². The van der Waals surface area contributed by atoms with Crippen LogP contribution in [-0.2, 0) is 0 Å². The second-order valence-corrected chi connectivity index (χ2v) is 15.8. The normalized spacial score (nSPS) is 13.8. The standard InChI is InChI=1S/C45H27B2Cl2NO4/c1-22-12-23(2)45(24(3)13-22)50-33-20-37-31(46-29-8-4-6-10-35(29)51-39-14-25(48)16-41(53-37)43(39)46)18-27(33)28-19-32-38(21-34(28)50)54-42-17-26(49)15-40-44(42)47(32)30-9-5-7-11-36(30)52-40/h4-21H,1-3H3. The SMILES string of the molecule is Cc1cc(C)c(-n2c3cc4c(cc3c3cc5c(cc32)Oc2cc(Cl)cc3c2B5c2ccccc2O3)B2c3ccccc3Oc3cc(Cl)cc(c32)O4)c(C)c1. The van der Waals surface area contributed by atoms with Gasteiger partial charge in [-0.3, -0.25) is 0 Å².